The molecule has 0 saturated heterocycles. The lowest BCUT2D eigenvalue weighted by molar-refractivity contribution is -0.276. The average molecular weight is 351 g/mol. The lowest BCUT2D eigenvalue weighted by Gasteiger charge is -2.13. The molecule has 0 unspecified atom stereocenters. The molecular formula is C8H6F4INO2. The molecule has 1 rings (SSSR count). The summed E-state index contributed by atoms with van der Waals surface area (Å²) in [5.74, 6) is -0.594. The van der Waals surface area contributed by atoms with Crippen LogP contribution in [0.15, 0.2) is 6.20 Å². The quantitative estimate of drug-likeness (QED) is 0.620. The maximum absolute atomic E-state index is 12.6. The number of alkyl halides is 4. The van der Waals surface area contributed by atoms with Crippen LogP contribution < -0.4 is 9.47 Å². The van der Waals surface area contributed by atoms with E-state index < -0.39 is 18.9 Å². The van der Waals surface area contributed by atoms with Gasteiger partial charge in [-0.25, -0.2) is 9.37 Å². The third-order valence-electron chi connectivity index (χ3n) is 1.62. The summed E-state index contributed by atoms with van der Waals surface area (Å²) in [7, 11) is 1.27. The smallest absolute Gasteiger partial charge is 0.495 e. The van der Waals surface area contributed by atoms with Gasteiger partial charge in [-0.15, -0.1) is 13.2 Å². The third-order valence-corrected chi connectivity index (χ3v) is 2.73. The number of ether oxygens (including phenoxy) is 2. The number of hydrogen-bond donors (Lipinski definition) is 0. The van der Waals surface area contributed by atoms with E-state index in [4.69, 9.17) is 4.74 Å². The van der Waals surface area contributed by atoms with Crippen molar-refractivity contribution in [1.29, 1.82) is 0 Å². The second-order valence-electron chi connectivity index (χ2n) is 2.61. The Balaban J connectivity index is 3.14. The molecule has 0 fully saturated rings. The summed E-state index contributed by atoms with van der Waals surface area (Å²) < 4.78 is 56.8. The van der Waals surface area contributed by atoms with Crippen LogP contribution in [0.25, 0.3) is 0 Å². The summed E-state index contributed by atoms with van der Waals surface area (Å²) in [4.78, 5) is 3.40. The SMILES string of the molecule is COc1cnc(OC(F)(F)F)c(I)c1CF. The fourth-order valence-corrected chi connectivity index (χ4v) is 1.63. The first-order valence-corrected chi connectivity index (χ1v) is 5.00. The van der Waals surface area contributed by atoms with E-state index in [2.05, 4.69) is 9.72 Å². The van der Waals surface area contributed by atoms with Crippen LogP contribution >= 0.6 is 22.6 Å². The van der Waals surface area contributed by atoms with Crippen molar-refractivity contribution in [3.63, 3.8) is 0 Å². The molecule has 0 radical (unpaired) electrons. The van der Waals surface area contributed by atoms with Crippen LogP contribution in [0.5, 0.6) is 11.6 Å². The highest BCUT2D eigenvalue weighted by atomic mass is 127. The van der Waals surface area contributed by atoms with Gasteiger partial charge in [0.25, 0.3) is 0 Å². The lowest BCUT2D eigenvalue weighted by Crippen LogP contribution is -2.19. The van der Waals surface area contributed by atoms with Crippen LogP contribution in [0.4, 0.5) is 17.6 Å². The normalized spacial score (nSPS) is 11.4. The summed E-state index contributed by atoms with van der Waals surface area (Å²) >= 11 is 1.52. The molecule has 0 aromatic carbocycles. The molecule has 1 aromatic heterocycles. The Morgan fingerprint density at radius 2 is 2.06 bits per heavy atom. The molecule has 90 valence electrons. The predicted molar refractivity (Wildman–Crippen MR) is 55.0 cm³/mol. The van der Waals surface area contributed by atoms with Crippen LogP contribution in [0.3, 0.4) is 0 Å². The van der Waals surface area contributed by atoms with Crippen molar-refractivity contribution in [3.05, 3.63) is 15.3 Å². The zero-order valence-electron chi connectivity index (χ0n) is 7.94. The number of halogens is 5. The van der Waals surface area contributed by atoms with E-state index in [-0.39, 0.29) is 14.9 Å². The monoisotopic (exact) mass is 351 g/mol. The first kappa shape index (κ1) is 13.3. The molecule has 0 aliphatic heterocycles. The van der Waals surface area contributed by atoms with Gasteiger partial charge in [-0.05, 0) is 22.6 Å². The van der Waals surface area contributed by atoms with Crippen molar-refractivity contribution in [1.82, 2.24) is 4.98 Å². The molecule has 1 heterocycles. The van der Waals surface area contributed by atoms with Crippen molar-refractivity contribution >= 4 is 22.6 Å². The van der Waals surface area contributed by atoms with E-state index in [0.717, 1.165) is 6.20 Å². The minimum absolute atomic E-state index is 0.0163. The molecule has 0 N–H and O–H groups in total. The molecule has 0 spiro atoms. The van der Waals surface area contributed by atoms with Gasteiger partial charge in [0, 0.05) is 5.56 Å². The van der Waals surface area contributed by atoms with E-state index >= 15 is 0 Å². The summed E-state index contributed by atoms with van der Waals surface area (Å²) in [5.41, 5.74) is -0.0163. The van der Waals surface area contributed by atoms with Crippen molar-refractivity contribution in [2.45, 2.75) is 13.0 Å². The second-order valence-corrected chi connectivity index (χ2v) is 3.68. The van der Waals surface area contributed by atoms with Crippen molar-refractivity contribution in [2.75, 3.05) is 7.11 Å². The highest BCUT2D eigenvalue weighted by Gasteiger charge is 2.33. The Labute approximate surface area is 102 Å². The largest absolute Gasteiger partial charge is 0.574 e. The van der Waals surface area contributed by atoms with Crippen LogP contribution in [-0.2, 0) is 6.67 Å². The number of rotatable bonds is 3. The highest BCUT2D eigenvalue weighted by molar-refractivity contribution is 14.1. The van der Waals surface area contributed by atoms with Crippen LogP contribution in [0.2, 0.25) is 0 Å². The Morgan fingerprint density at radius 1 is 1.44 bits per heavy atom. The molecule has 8 heteroatoms. The molecule has 3 nitrogen and oxygen atoms in total. The minimum atomic E-state index is -4.85. The molecule has 1 aromatic rings. The number of methoxy groups -OCH3 is 1. The molecule has 16 heavy (non-hydrogen) atoms. The first-order chi connectivity index (χ1) is 7.39. The van der Waals surface area contributed by atoms with Crippen LogP contribution in [0, 0.1) is 3.57 Å². The molecule has 0 saturated carbocycles. The zero-order chi connectivity index (χ0) is 12.3. The Bertz CT molecular complexity index is 383. The Hall–Kier alpha value is -0.800. The van der Waals surface area contributed by atoms with E-state index in [0.29, 0.717) is 0 Å². The van der Waals surface area contributed by atoms with E-state index in [1.54, 1.807) is 0 Å². The average Bonchev–Trinajstić information content (AvgIpc) is 2.19. The van der Waals surface area contributed by atoms with Gasteiger partial charge in [-0.1, -0.05) is 0 Å². The van der Waals surface area contributed by atoms with E-state index in [1.807, 2.05) is 0 Å². The predicted octanol–water partition coefficient (Wildman–Crippen LogP) is 3.06. The van der Waals surface area contributed by atoms with E-state index in [9.17, 15) is 17.6 Å². The second kappa shape index (κ2) is 5.02. The lowest BCUT2D eigenvalue weighted by atomic mass is 10.2. The van der Waals surface area contributed by atoms with Gasteiger partial charge < -0.3 is 9.47 Å². The van der Waals surface area contributed by atoms with Gasteiger partial charge >= 0.3 is 6.36 Å². The minimum Gasteiger partial charge on any atom is -0.495 e. The fraction of sp³-hybridized carbons (Fsp3) is 0.375. The fourth-order valence-electron chi connectivity index (χ4n) is 0.970. The Kier molecular flexibility index (Phi) is 4.16. The molecule has 0 atom stereocenters. The molecule has 0 aliphatic carbocycles. The molecule has 0 amide bonds. The molecule has 0 aliphatic rings. The van der Waals surface area contributed by atoms with Crippen LogP contribution in [0.1, 0.15) is 5.56 Å². The summed E-state index contributed by atoms with van der Waals surface area (Å²) in [6.45, 7) is -0.960. The number of pyridine rings is 1. The standard InChI is InChI=1S/C8H6F4INO2/c1-15-5-3-14-7(16-8(10,11)12)6(13)4(5)2-9/h3H,2H2,1H3. The van der Waals surface area contributed by atoms with Crippen molar-refractivity contribution < 1.29 is 27.0 Å². The Morgan fingerprint density at radius 3 is 2.50 bits per heavy atom. The zero-order valence-corrected chi connectivity index (χ0v) is 10.1. The van der Waals surface area contributed by atoms with Gasteiger partial charge in [-0.2, -0.15) is 0 Å². The summed E-state index contributed by atoms with van der Waals surface area (Å²) in [6.07, 6.45) is -3.87. The maximum Gasteiger partial charge on any atom is 0.574 e. The molecular weight excluding hydrogens is 345 g/mol. The topological polar surface area (TPSA) is 31.4 Å². The number of nitrogens with zero attached hydrogens (tertiary/aromatic N) is 1. The molecule has 0 bridgehead atoms. The van der Waals surface area contributed by atoms with Crippen LogP contribution in [-0.4, -0.2) is 18.5 Å². The number of aromatic nitrogens is 1. The highest BCUT2D eigenvalue weighted by Crippen LogP contribution is 2.32. The first-order valence-electron chi connectivity index (χ1n) is 3.92. The van der Waals surface area contributed by atoms with Gasteiger partial charge in [0.1, 0.15) is 12.4 Å². The van der Waals surface area contributed by atoms with Gasteiger partial charge in [0.2, 0.25) is 5.88 Å². The summed E-state index contributed by atoms with van der Waals surface area (Å²) in [5, 5.41) is 0. The van der Waals surface area contributed by atoms with Crippen molar-refractivity contribution in [2.24, 2.45) is 0 Å². The van der Waals surface area contributed by atoms with Gasteiger partial charge in [-0.3, -0.25) is 0 Å². The van der Waals surface area contributed by atoms with Gasteiger partial charge in [0.15, 0.2) is 0 Å². The number of hydrogen-bond acceptors (Lipinski definition) is 3. The third kappa shape index (κ3) is 3.09. The van der Waals surface area contributed by atoms with Gasteiger partial charge in [0.05, 0.1) is 16.9 Å². The van der Waals surface area contributed by atoms with E-state index in [1.165, 1.54) is 29.7 Å². The summed E-state index contributed by atoms with van der Waals surface area (Å²) in [6, 6.07) is 0. The van der Waals surface area contributed by atoms with Crippen molar-refractivity contribution in [3.8, 4) is 11.6 Å². The maximum atomic E-state index is 12.6.